The van der Waals surface area contributed by atoms with E-state index < -0.39 is 11.9 Å². The quantitative estimate of drug-likeness (QED) is 0.807. The third-order valence-electron chi connectivity index (χ3n) is 2.61. The van der Waals surface area contributed by atoms with Crippen LogP contribution in [0.1, 0.15) is 31.9 Å². The SMILES string of the molecule is CC(C)(C)c1cccc(C[C@H](N)C(N)=O)c1. The minimum atomic E-state index is -0.602. The van der Waals surface area contributed by atoms with Gasteiger partial charge < -0.3 is 11.5 Å². The molecule has 0 aliphatic heterocycles. The largest absolute Gasteiger partial charge is 0.368 e. The molecule has 0 saturated carbocycles. The van der Waals surface area contributed by atoms with Gasteiger partial charge in [0.25, 0.3) is 0 Å². The highest BCUT2D eigenvalue weighted by atomic mass is 16.1. The molecule has 0 bridgehead atoms. The van der Waals surface area contributed by atoms with Crippen molar-refractivity contribution in [3.63, 3.8) is 0 Å². The van der Waals surface area contributed by atoms with Crippen LogP contribution in [-0.4, -0.2) is 11.9 Å². The lowest BCUT2D eigenvalue weighted by Crippen LogP contribution is -2.38. The minimum absolute atomic E-state index is 0.104. The van der Waals surface area contributed by atoms with Crippen molar-refractivity contribution in [1.82, 2.24) is 0 Å². The number of carbonyl (C=O) groups is 1. The van der Waals surface area contributed by atoms with E-state index >= 15 is 0 Å². The van der Waals surface area contributed by atoms with Gasteiger partial charge in [0.2, 0.25) is 5.91 Å². The molecule has 0 spiro atoms. The maximum Gasteiger partial charge on any atom is 0.234 e. The van der Waals surface area contributed by atoms with Crippen molar-refractivity contribution in [2.24, 2.45) is 11.5 Å². The van der Waals surface area contributed by atoms with E-state index in [9.17, 15) is 4.79 Å². The third kappa shape index (κ3) is 3.35. The Morgan fingerprint density at radius 2 is 2.00 bits per heavy atom. The summed E-state index contributed by atoms with van der Waals surface area (Å²) in [5.41, 5.74) is 13.2. The Labute approximate surface area is 96.8 Å². The fourth-order valence-electron chi connectivity index (χ4n) is 1.52. The summed E-state index contributed by atoms with van der Waals surface area (Å²) in [7, 11) is 0. The van der Waals surface area contributed by atoms with Crippen molar-refractivity contribution in [3.8, 4) is 0 Å². The van der Waals surface area contributed by atoms with Gasteiger partial charge in [0.05, 0.1) is 6.04 Å². The molecule has 1 aromatic rings. The number of hydrogen-bond donors (Lipinski definition) is 2. The number of rotatable bonds is 3. The van der Waals surface area contributed by atoms with E-state index in [-0.39, 0.29) is 5.41 Å². The van der Waals surface area contributed by atoms with Crippen LogP contribution in [0.5, 0.6) is 0 Å². The lowest BCUT2D eigenvalue weighted by molar-refractivity contribution is -0.119. The van der Waals surface area contributed by atoms with Gasteiger partial charge in [-0.3, -0.25) is 4.79 Å². The molecule has 16 heavy (non-hydrogen) atoms. The second kappa shape index (κ2) is 4.66. The number of benzene rings is 1. The van der Waals surface area contributed by atoms with E-state index in [1.807, 2.05) is 12.1 Å². The molecule has 0 heterocycles. The predicted octanol–water partition coefficient (Wildman–Crippen LogP) is 1.34. The summed E-state index contributed by atoms with van der Waals surface area (Å²) < 4.78 is 0. The van der Waals surface area contributed by atoms with Crippen molar-refractivity contribution in [2.45, 2.75) is 38.6 Å². The Kier molecular flexibility index (Phi) is 3.70. The molecule has 88 valence electrons. The number of hydrogen-bond acceptors (Lipinski definition) is 2. The van der Waals surface area contributed by atoms with Gasteiger partial charge in [-0.05, 0) is 23.0 Å². The van der Waals surface area contributed by atoms with E-state index in [1.54, 1.807) is 0 Å². The Balaban J connectivity index is 2.87. The Hall–Kier alpha value is -1.35. The highest BCUT2D eigenvalue weighted by Crippen LogP contribution is 2.23. The predicted molar refractivity (Wildman–Crippen MR) is 66.0 cm³/mol. The fourth-order valence-corrected chi connectivity index (χ4v) is 1.52. The standard InChI is InChI=1S/C13H20N2O/c1-13(2,3)10-6-4-5-9(7-10)8-11(14)12(15)16/h4-7,11H,8,14H2,1-3H3,(H2,15,16)/t11-/m0/s1. The van der Waals surface area contributed by atoms with Crippen LogP contribution in [0.15, 0.2) is 24.3 Å². The van der Waals surface area contributed by atoms with Crippen molar-refractivity contribution in [2.75, 3.05) is 0 Å². The number of amides is 1. The molecule has 0 aromatic heterocycles. The zero-order valence-electron chi connectivity index (χ0n) is 10.2. The first-order chi connectivity index (χ1) is 7.30. The maximum absolute atomic E-state index is 10.9. The average molecular weight is 220 g/mol. The smallest absolute Gasteiger partial charge is 0.234 e. The van der Waals surface area contributed by atoms with Crippen LogP contribution in [-0.2, 0) is 16.6 Å². The van der Waals surface area contributed by atoms with E-state index in [4.69, 9.17) is 11.5 Å². The van der Waals surface area contributed by atoms with E-state index in [1.165, 1.54) is 5.56 Å². The van der Waals surface area contributed by atoms with E-state index in [0.29, 0.717) is 6.42 Å². The summed E-state index contributed by atoms with van der Waals surface area (Å²) in [6, 6.07) is 7.53. The topological polar surface area (TPSA) is 69.1 Å². The van der Waals surface area contributed by atoms with Gasteiger partial charge in [-0.25, -0.2) is 0 Å². The van der Waals surface area contributed by atoms with Gasteiger partial charge >= 0.3 is 0 Å². The molecule has 0 radical (unpaired) electrons. The van der Waals surface area contributed by atoms with Gasteiger partial charge in [-0.2, -0.15) is 0 Å². The van der Waals surface area contributed by atoms with Crippen molar-refractivity contribution in [1.29, 1.82) is 0 Å². The second-order valence-corrected chi connectivity index (χ2v) is 5.16. The summed E-state index contributed by atoms with van der Waals surface area (Å²) in [6.45, 7) is 6.46. The van der Waals surface area contributed by atoms with Gasteiger partial charge in [0, 0.05) is 0 Å². The van der Waals surface area contributed by atoms with Crippen LogP contribution in [0.25, 0.3) is 0 Å². The van der Waals surface area contributed by atoms with Gasteiger partial charge in [0.15, 0.2) is 0 Å². The Morgan fingerprint density at radius 3 is 2.50 bits per heavy atom. The summed E-state index contributed by atoms with van der Waals surface area (Å²) in [5.74, 6) is -0.457. The maximum atomic E-state index is 10.9. The summed E-state index contributed by atoms with van der Waals surface area (Å²) in [5, 5.41) is 0. The molecule has 1 aromatic carbocycles. The molecule has 0 unspecified atom stereocenters. The first-order valence-electron chi connectivity index (χ1n) is 5.45. The highest BCUT2D eigenvalue weighted by molar-refractivity contribution is 5.79. The molecule has 1 rings (SSSR count). The monoisotopic (exact) mass is 220 g/mol. The first kappa shape index (κ1) is 12.7. The molecule has 1 amide bonds. The Bertz CT molecular complexity index is 380. The van der Waals surface area contributed by atoms with Crippen molar-refractivity contribution in [3.05, 3.63) is 35.4 Å². The van der Waals surface area contributed by atoms with Crippen LogP contribution < -0.4 is 11.5 Å². The second-order valence-electron chi connectivity index (χ2n) is 5.16. The summed E-state index contributed by atoms with van der Waals surface area (Å²) >= 11 is 0. The van der Waals surface area contributed by atoms with Crippen LogP contribution in [0.3, 0.4) is 0 Å². The zero-order chi connectivity index (χ0) is 12.3. The van der Waals surface area contributed by atoms with Crippen LogP contribution in [0, 0.1) is 0 Å². The molecular weight excluding hydrogens is 200 g/mol. The molecule has 3 heteroatoms. The third-order valence-corrected chi connectivity index (χ3v) is 2.61. The lowest BCUT2D eigenvalue weighted by atomic mass is 9.85. The summed E-state index contributed by atoms with van der Waals surface area (Å²) in [4.78, 5) is 10.9. The van der Waals surface area contributed by atoms with Crippen LogP contribution in [0.2, 0.25) is 0 Å². The molecule has 0 saturated heterocycles. The van der Waals surface area contributed by atoms with Crippen molar-refractivity contribution >= 4 is 5.91 Å². The van der Waals surface area contributed by atoms with E-state index in [0.717, 1.165) is 5.56 Å². The molecule has 0 aliphatic rings. The van der Waals surface area contributed by atoms with Crippen LogP contribution in [0.4, 0.5) is 0 Å². The molecular formula is C13H20N2O. The summed E-state index contributed by atoms with van der Waals surface area (Å²) in [6.07, 6.45) is 0.499. The zero-order valence-corrected chi connectivity index (χ0v) is 10.2. The Morgan fingerprint density at radius 1 is 1.38 bits per heavy atom. The molecule has 4 N–H and O–H groups in total. The molecule has 3 nitrogen and oxygen atoms in total. The van der Waals surface area contributed by atoms with Gasteiger partial charge in [-0.15, -0.1) is 0 Å². The first-order valence-corrected chi connectivity index (χ1v) is 5.45. The average Bonchev–Trinajstić information content (AvgIpc) is 2.16. The number of nitrogens with two attached hydrogens (primary N) is 2. The lowest BCUT2D eigenvalue weighted by Gasteiger charge is -2.20. The molecule has 0 aliphatic carbocycles. The fraction of sp³-hybridized carbons (Fsp3) is 0.462. The number of carbonyl (C=O) groups excluding carboxylic acids is 1. The van der Waals surface area contributed by atoms with Gasteiger partial charge in [-0.1, -0.05) is 45.0 Å². The van der Waals surface area contributed by atoms with E-state index in [2.05, 4.69) is 32.9 Å². The van der Waals surface area contributed by atoms with Crippen molar-refractivity contribution < 1.29 is 4.79 Å². The highest BCUT2D eigenvalue weighted by Gasteiger charge is 2.15. The molecule has 0 fully saturated rings. The normalized spacial score (nSPS) is 13.5. The van der Waals surface area contributed by atoms with Gasteiger partial charge in [0.1, 0.15) is 0 Å². The van der Waals surface area contributed by atoms with Crippen LogP contribution >= 0.6 is 0 Å². The minimum Gasteiger partial charge on any atom is -0.368 e. The molecule has 1 atom stereocenters. The number of primary amides is 1.